The van der Waals surface area contributed by atoms with Crippen LogP contribution in [0.5, 0.6) is 0 Å². The topological polar surface area (TPSA) is 49.4 Å². The van der Waals surface area contributed by atoms with Gasteiger partial charge in [-0.15, -0.1) is 11.8 Å². The fourth-order valence-corrected chi connectivity index (χ4v) is 3.87. The molecule has 0 aliphatic carbocycles. The number of halogens is 1. The molecule has 0 unspecified atom stereocenters. The number of rotatable bonds is 11. The third kappa shape index (κ3) is 7.82. The number of benzene rings is 2. The first-order chi connectivity index (χ1) is 14.4. The highest BCUT2D eigenvalue weighted by Crippen LogP contribution is 2.17. The van der Waals surface area contributed by atoms with Crippen LogP contribution in [-0.4, -0.2) is 41.6 Å². The van der Waals surface area contributed by atoms with Gasteiger partial charge in [-0.2, -0.15) is 0 Å². The van der Waals surface area contributed by atoms with Crippen molar-refractivity contribution in [3.63, 3.8) is 0 Å². The summed E-state index contributed by atoms with van der Waals surface area (Å²) in [7, 11) is 0. The second kappa shape index (κ2) is 12.4. The van der Waals surface area contributed by atoms with E-state index < -0.39 is 6.04 Å². The first-order valence-corrected chi connectivity index (χ1v) is 11.5. The van der Waals surface area contributed by atoms with Crippen LogP contribution in [-0.2, 0) is 21.8 Å². The van der Waals surface area contributed by atoms with Crippen molar-refractivity contribution in [2.45, 2.75) is 39.0 Å². The quantitative estimate of drug-likeness (QED) is 0.579. The molecule has 2 amide bonds. The van der Waals surface area contributed by atoms with Gasteiger partial charge >= 0.3 is 0 Å². The Morgan fingerprint density at radius 1 is 1.03 bits per heavy atom. The molecule has 0 radical (unpaired) electrons. The minimum Gasteiger partial charge on any atom is -0.354 e. The van der Waals surface area contributed by atoms with Gasteiger partial charge < -0.3 is 10.2 Å². The molecular formula is C24H31FN2O2S. The van der Waals surface area contributed by atoms with Gasteiger partial charge in [-0.25, -0.2) is 4.39 Å². The monoisotopic (exact) mass is 430 g/mol. The van der Waals surface area contributed by atoms with Crippen LogP contribution in [0.4, 0.5) is 4.39 Å². The Balaban J connectivity index is 1.99. The smallest absolute Gasteiger partial charge is 0.242 e. The molecule has 0 aliphatic rings. The Bertz CT molecular complexity index is 814. The predicted molar refractivity (Wildman–Crippen MR) is 122 cm³/mol. The third-order valence-electron chi connectivity index (χ3n) is 4.78. The van der Waals surface area contributed by atoms with E-state index in [0.29, 0.717) is 36.7 Å². The summed E-state index contributed by atoms with van der Waals surface area (Å²) in [5.41, 5.74) is 1.69. The lowest BCUT2D eigenvalue weighted by Crippen LogP contribution is -2.50. The number of thioether (sulfide) groups is 1. The minimum atomic E-state index is -0.561. The highest BCUT2D eigenvalue weighted by molar-refractivity contribution is 7.99. The minimum absolute atomic E-state index is 0.112. The van der Waals surface area contributed by atoms with Gasteiger partial charge in [-0.05, 0) is 36.5 Å². The van der Waals surface area contributed by atoms with Crippen molar-refractivity contribution in [1.29, 1.82) is 0 Å². The van der Waals surface area contributed by atoms with Crippen molar-refractivity contribution < 1.29 is 14.0 Å². The summed E-state index contributed by atoms with van der Waals surface area (Å²) in [4.78, 5) is 27.2. The Morgan fingerprint density at radius 3 is 2.37 bits per heavy atom. The van der Waals surface area contributed by atoms with Crippen LogP contribution >= 0.6 is 11.8 Å². The maximum Gasteiger partial charge on any atom is 0.242 e. The molecule has 2 rings (SSSR count). The molecular weight excluding hydrogens is 399 g/mol. The zero-order valence-electron chi connectivity index (χ0n) is 17.9. The average molecular weight is 431 g/mol. The van der Waals surface area contributed by atoms with Crippen LogP contribution in [0.25, 0.3) is 0 Å². The number of nitrogens with zero attached hydrogens (tertiary/aromatic N) is 1. The first kappa shape index (κ1) is 23.9. The van der Waals surface area contributed by atoms with Gasteiger partial charge in [0.05, 0.1) is 5.75 Å². The van der Waals surface area contributed by atoms with Gasteiger partial charge in [-0.3, -0.25) is 9.59 Å². The Hall–Kier alpha value is -2.34. The lowest BCUT2D eigenvalue weighted by atomic mass is 10.1. The van der Waals surface area contributed by atoms with Gasteiger partial charge in [0.2, 0.25) is 11.8 Å². The SMILES string of the molecule is CC(C)CNC(=O)[C@H](C)N(CCc1ccccc1)C(=O)CSCc1ccccc1F. The number of amides is 2. The molecule has 0 spiro atoms. The summed E-state index contributed by atoms with van der Waals surface area (Å²) in [6.07, 6.45) is 0.673. The van der Waals surface area contributed by atoms with E-state index in [2.05, 4.69) is 5.32 Å². The maximum absolute atomic E-state index is 13.8. The number of carbonyl (C=O) groups is 2. The standard InChI is InChI=1S/C24H31FN2O2S/c1-18(2)15-26-24(29)19(3)27(14-13-20-9-5-4-6-10-20)23(28)17-30-16-21-11-7-8-12-22(21)25/h4-12,18-19H,13-17H2,1-3H3,(H,26,29)/t19-/m0/s1. The van der Waals surface area contributed by atoms with E-state index >= 15 is 0 Å². The number of hydrogen-bond donors (Lipinski definition) is 1. The fourth-order valence-electron chi connectivity index (χ4n) is 2.97. The Morgan fingerprint density at radius 2 is 1.70 bits per heavy atom. The summed E-state index contributed by atoms with van der Waals surface area (Å²) in [6.45, 7) is 6.86. The van der Waals surface area contributed by atoms with Crippen LogP contribution in [0.2, 0.25) is 0 Å². The molecule has 1 atom stereocenters. The Kier molecular flexibility index (Phi) is 9.87. The van der Waals surface area contributed by atoms with E-state index in [9.17, 15) is 14.0 Å². The van der Waals surface area contributed by atoms with Crippen molar-refractivity contribution in [2.75, 3.05) is 18.8 Å². The average Bonchev–Trinajstić information content (AvgIpc) is 2.74. The molecule has 2 aromatic carbocycles. The normalized spacial score (nSPS) is 11.9. The van der Waals surface area contributed by atoms with Gasteiger partial charge in [0, 0.05) is 18.8 Å². The number of carbonyl (C=O) groups excluding carboxylic acids is 2. The zero-order valence-corrected chi connectivity index (χ0v) is 18.8. The molecule has 6 heteroatoms. The molecule has 0 saturated carbocycles. The van der Waals surface area contributed by atoms with E-state index in [1.165, 1.54) is 17.8 Å². The van der Waals surface area contributed by atoms with E-state index in [-0.39, 0.29) is 23.4 Å². The number of nitrogens with one attached hydrogen (secondary N) is 1. The molecule has 162 valence electrons. The van der Waals surface area contributed by atoms with Crippen molar-refractivity contribution in [3.05, 3.63) is 71.5 Å². The molecule has 0 bridgehead atoms. The van der Waals surface area contributed by atoms with Crippen molar-refractivity contribution in [2.24, 2.45) is 5.92 Å². The molecule has 4 nitrogen and oxygen atoms in total. The van der Waals surface area contributed by atoms with E-state index in [1.807, 2.05) is 44.2 Å². The Labute approximate surface area is 183 Å². The highest BCUT2D eigenvalue weighted by Gasteiger charge is 2.25. The molecule has 2 aromatic rings. The fraction of sp³-hybridized carbons (Fsp3) is 0.417. The van der Waals surface area contributed by atoms with Crippen LogP contribution in [0.15, 0.2) is 54.6 Å². The van der Waals surface area contributed by atoms with E-state index in [4.69, 9.17) is 0 Å². The zero-order chi connectivity index (χ0) is 21.9. The van der Waals surface area contributed by atoms with E-state index in [1.54, 1.807) is 30.0 Å². The van der Waals surface area contributed by atoms with Crippen LogP contribution in [0.1, 0.15) is 31.9 Å². The summed E-state index contributed by atoms with van der Waals surface area (Å²) >= 11 is 1.36. The highest BCUT2D eigenvalue weighted by atomic mass is 32.2. The molecule has 0 heterocycles. The van der Waals surface area contributed by atoms with Gasteiger partial charge in [0.1, 0.15) is 11.9 Å². The molecule has 30 heavy (non-hydrogen) atoms. The largest absolute Gasteiger partial charge is 0.354 e. The van der Waals surface area contributed by atoms with Crippen molar-refractivity contribution >= 4 is 23.6 Å². The maximum atomic E-state index is 13.8. The summed E-state index contributed by atoms with van der Waals surface area (Å²) in [6, 6.07) is 15.9. The summed E-state index contributed by atoms with van der Waals surface area (Å²) in [5, 5.41) is 2.92. The summed E-state index contributed by atoms with van der Waals surface area (Å²) < 4.78 is 13.8. The van der Waals surface area contributed by atoms with Crippen molar-refractivity contribution in [1.82, 2.24) is 10.2 Å². The van der Waals surface area contributed by atoms with Gasteiger partial charge in [0.15, 0.2) is 0 Å². The van der Waals surface area contributed by atoms with Crippen LogP contribution in [0, 0.1) is 11.7 Å². The molecule has 1 N–H and O–H groups in total. The molecule has 0 fully saturated rings. The predicted octanol–water partition coefficient (Wildman–Crippen LogP) is 4.29. The van der Waals surface area contributed by atoms with E-state index in [0.717, 1.165) is 5.56 Å². The molecule has 0 saturated heterocycles. The van der Waals surface area contributed by atoms with Crippen LogP contribution < -0.4 is 5.32 Å². The van der Waals surface area contributed by atoms with Crippen LogP contribution in [0.3, 0.4) is 0 Å². The lowest BCUT2D eigenvalue weighted by Gasteiger charge is -2.29. The van der Waals surface area contributed by atoms with Crippen molar-refractivity contribution in [3.8, 4) is 0 Å². The van der Waals surface area contributed by atoms with Gasteiger partial charge in [-0.1, -0.05) is 62.4 Å². The first-order valence-electron chi connectivity index (χ1n) is 10.3. The summed E-state index contributed by atoms with van der Waals surface area (Å²) in [5.74, 6) is 0.429. The molecule has 0 aromatic heterocycles. The second-order valence-corrected chi connectivity index (χ2v) is 8.71. The number of hydrogen-bond acceptors (Lipinski definition) is 3. The second-order valence-electron chi connectivity index (χ2n) is 7.72. The lowest BCUT2D eigenvalue weighted by molar-refractivity contribution is -0.138. The third-order valence-corrected chi connectivity index (χ3v) is 5.74. The molecule has 0 aliphatic heterocycles. The van der Waals surface area contributed by atoms with Gasteiger partial charge in [0.25, 0.3) is 0 Å².